The molecule has 8 nitrogen and oxygen atoms in total. The smallest absolute Gasteiger partial charge is 0.243 e. The molecule has 1 N–H and O–H groups in total. The number of halogens is 1. The summed E-state index contributed by atoms with van der Waals surface area (Å²) in [6.07, 6.45) is 0. The number of hydrogen-bond acceptors (Lipinski definition) is 7. The van der Waals surface area contributed by atoms with E-state index >= 15 is 0 Å². The Morgan fingerprint density at radius 2 is 1.97 bits per heavy atom. The number of nitrogens with one attached hydrogen (secondary N) is 1. The van der Waals surface area contributed by atoms with Gasteiger partial charge in [0.15, 0.2) is 5.65 Å². The first-order valence-corrected chi connectivity index (χ1v) is 12.8. The summed E-state index contributed by atoms with van der Waals surface area (Å²) in [6.45, 7) is 1.52. The van der Waals surface area contributed by atoms with Crippen LogP contribution in [0, 0.1) is 0 Å². The molecule has 0 radical (unpaired) electrons. The van der Waals surface area contributed by atoms with Gasteiger partial charge in [-0.15, -0.1) is 10.2 Å². The van der Waals surface area contributed by atoms with Crippen molar-refractivity contribution in [2.75, 3.05) is 26.3 Å². The molecule has 11 heteroatoms. The normalized spacial score (nSPS) is 15.6. The van der Waals surface area contributed by atoms with Crippen molar-refractivity contribution in [2.24, 2.45) is 0 Å². The number of hydrogen-bond donors (Lipinski definition) is 1. The van der Waals surface area contributed by atoms with Crippen molar-refractivity contribution >= 4 is 59.8 Å². The number of benzene rings is 2. The second-order valence-corrected chi connectivity index (χ2v) is 10.9. The summed E-state index contributed by atoms with van der Waals surface area (Å²) in [6, 6.07) is 13.1. The molecule has 0 aliphatic carbocycles. The van der Waals surface area contributed by atoms with E-state index in [0.29, 0.717) is 48.0 Å². The van der Waals surface area contributed by atoms with Gasteiger partial charge in [0.25, 0.3) is 0 Å². The van der Waals surface area contributed by atoms with Gasteiger partial charge in [-0.25, -0.2) is 13.4 Å². The van der Waals surface area contributed by atoms with Crippen LogP contribution >= 0.6 is 27.7 Å². The molecule has 1 fully saturated rings. The summed E-state index contributed by atoms with van der Waals surface area (Å²) in [4.78, 5) is 8.03. The number of ether oxygens (including phenoxy) is 1. The van der Waals surface area contributed by atoms with Crippen molar-refractivity contribution in [3.8, 4) is 0 Å². The Balaban J connectivity index is 1.44. The lowest BCUT2D eigenvalue weighted by atomic mass is 10.2. The fourth-order valence-electron chi connectivity index (χ4n) is 3.47. The van der Waals surface area contributed by atoms with Crippen LogP contribution in [0.25, 0.3) is 22.1 Å². The number of nitrogens with zero attached hydrogens (tertiary/aromatic N) is 4. The lowest BCUT2D eigenvalue weighted by Gasteiger charge is -2.26. The zero-order chi connectivity index (χ0) is 21.4. The van der Waals surface area contributed by atoms with E-state index in [1.165, 1.54) is 16.1 Å². The highest BCUT2D eigenvalue weighted by Crippen LogP contribution is 2.28. The molecule has 0 unspecified atom stereocenters. The number of H-pyrrole nitrogens is 1. The summed E-state index contributed by atoms with van der Waals surface area (Å²) in [5.74, 6) is 0.717. The quantitative estimate of drug-likeness (QED) is 0.402. The first-order valence-electron chi connectivity index (χ1n) is 9.62. The zero-order valence-corrected chi connectivity index (χ0v) is 19.5. The summed E-state index contributed by atoms with van der Waals surface area (Å²) in [5, 5.41) is 9.82. The van der Waals surface area contributed by atoms with Crippen LogP contribution < -0.4 is 0 Å². The van der Waals surface area contributed by atoms with Crippen molar-refractivity contribution in [1.29, 1.82) is 0 Å². The van der Waals surface area contributed by atoms with E-state index in [2.05, 4.69) is 42.2 Å². The molecule has 1 aliphatic heterocycles. The monoisotopic (exact) mass is 519 g/mol. The number of thioether (sulfide) groups is 1. The van der Waals surface area contributed by atoms with Crippen LogP contribution in [0.1, 0.15) is 5.56 Å². The van der Waals surface area contributed by atoms with Gasteiger partial charge in [0.05, 0.1) is 18.1 Å². The maximum Gasteiger partial charge on any atom is 0.243 e. The third kappa shape index (κ3) is 4.20. The van der Waals surface area contributed by atoms with Gasteiger partial charge in [-0.3, -0.25) is 0 Å². The predicted molar refractivity (Wildman–Crippen MR) is 122 cm³/mol. The standard InChI is InChI=1S/C20H18BrN5O3S2/c21-14-3-1-2-13(10-14)12-30-20-23-19-18(24-25-20)16-11-15(4-5-17(16)22-19)31(27,28)26-6-8-29-9-7-26/h1-5,10-11H,6-9,12H2,(H,22,23,25). The molecule has 2 aromatic carbocycles. The molecular weight excluding hydrogens is 502 g/mol. The molecular formula is C20H18BrN5O3S2. The van der Waals surface area contributed by atoms with E-state index in [9.17, 15) is 8.42 Å². The van der Waals surface area contributed by atoms with Gasteiger partial charge in [-0.05, 0) is 35.9 Å². The third-order valence-electron chi connectivity index (χ3n) is 5.03. The Hall–Kier alpha value is -2.05. The maximum absolute atomic E-state index is 13.0. The third-order valence-corrected chi connectivity index (χ3v) is 8.33. The molecule has 5 rings (SSSR count). The summed E-state index contributed by atoms with van der Waals surface area (Å²) >= 11 is 4.97. The van der Waals surface area contributed by atoms with Crippen molar-refractivity contribution < 1.29 is 13.2 Å². The number of rotatable bonds is 5. The van der Waals surface area contributed by atoms with Crippen molar-refractivity contribution in [3.05, 3.63) is 52.5 Å². The Labute approximate surface area is 191 Å². The van der Waals surface area contributed by atoms with Crippen LogP contribution in [0.4, 0.5) is 0 Å². The van der Waals surface area contributed by atoms with Crippen LogP contribution in [0.5, 0.6) is 0 Å². The van der Waals surface area contributed by atoms with E-state index < -0.39 is 10.0 Å². The SMILES string of the molecule is O=S(=O)(c1ccc2[nH]c3nc(SCc4cccc(Br)c4)nnc3c2c1)N1CCOCC1. The summed E-state index contributed by atoms with van der Waals surface area (Å²) in [5.41, 5.74) is 3.06. The van der Waals surface area contributed by atoms with Gasteiger partial charge in [0.1, 0.15) is 5.52 Å². The minimum Gasteiger partial charge on any atom is -0.379 e. The average Bonchev–Trinajstić information content (AvgIpc) is 3.15. The minimum atomic E-state index is -3.59. The molecule has 2 aromatic heterocycles. The van der Waals surface area contributed by atoms with Crippen LogP contribution in [-0.2, 0) is 20.5 Å². The fraction of sp³-hybridized carbons (Fsp3) is 0.250. The van der Waals surface area contributed by atoms with Crippen LogP contribution in [0.2, 0.25) is 0 Å². The Bertz CT molecular complexity index is 1370. The van der Waals surface area contributed by atoms with Gasteiger partial charge in [0, 0.05) is 34.2 Å². The molecule has 3 heterocycles. The van der Waals surface area contributed by atoms with Gasteiger partial charge in [0.2, 0.25) is 15.2 Å². The Kier molecular flexibility index (Phi) is 5.69. The predicted octanol–water partition coefficient (Wildman–Crippen LogP) is 3.58. The Morgan fingerprint density at radius 1 is 1.13 bits per heavy atom. The van der Waals surface area contributed by atoms with Crippen molar-refractivity contribution in [1.82, 2.24) is 24.5 Å². The van der Waals surface area contributed by atoms with Crippen LogP contribution in [0.3, 0.4) is 0 Å². The highest BCUT2D eigenvalue weighted by atomic mass is 79.9. The first kappa shape index (κ1) is 20.8. The molecule has 1 saturated heterocycles. The molecule has 0 saturated carbocycles. The van der Waals surface area contributed by atoms with Gasteiger partial charge >= 0.3 is 0 Å². The average molecular weight is 520 g/mol. The zero-order valence-electron chi connectivity index (χ0n) is 16.3. The topological polar surface area (TPSA) is 101 Å². The van der Waals surface area contributed by atoms with E-state index in [1.807, 2.05) is 18.2 Å². The second kappa shape index (κ2) is 8.47. The van der Waals surface area contributed by atoms with Crippen LogP contribution in [-0.4, -0.2) is 59.2 Å². The fourth-order valence-corrected chi connectivity index (χ4v) is 6.08. The van der Waals surface area contributed by atoms with E-state index in [0.717, 1.165) is 21.3 Å². The lowest BCUT2D eigenvalue weighted by Crippen LogP contribution is -2.40. The molecule has 0 atom stereocenters. The van der Waals surface area contributed by atoms with Crippen LogP contribution in [0.15, 0.2) is 57.0 Å². The van der Waals surface area contributed by atoms with E-state index in [-0.39, 0.29) is 4.90 Å². The minimum absolute atomic E-state index is 0.234. The molecule has 160 valence electrons. The van der Waals surface area contributed by atoms with E-state index in [1.54, 1.807) is 18.2 Å². The number of aromatic nitrogens is 4. The molecule has 31 heavy (non-hydrogen) atoms. The number of fused-ring (bicyclic) bond motifs is 3. The highest BCUT2D eigenvalue weighted by Gasteiger charge is 2.27. The van der Waals surface area contributed by atoms with Crippen molar-refractivity contribution in [3.63, 3.8) is 0 Å². The molecule has 1 aliphatic rings. The highest BCUT2D eigenvalue weighted by molar-refractivity contribution is 9.10. The summed E-state index contributed by atoms with van der Waals surface area (Å²) in [7, 11) is -3.59. The number of sulfonamides is 1. The number of aromatic amines is 1. The molecule has 4 aromatic rings. The van der Waals surface area contributed by atoms with E-state index in [4.69, 9.17) is 4.74 Å². The Morgan fingerprint density at radius 3 is 2.77 bits per heavy atom. The second-order valence-electron chi connectivity index (χ2n) is 7.06. The van der Waals surface area contributed by atoms with Crippen molar-refractivity contribution in [2.45, 2.75) is 15.8 Å². The molecule has 0 bridgehead atoms. The van der Waals surface area contributed by atoms with Gasteiger partial charge in [-0.1, -0.05) is 39.8 Å². The number of morpholine rings is 1. The summed E-state index contributed by atoms with van der Waals surface area (Å²) < 4.78 is 33.7. The van der Waals surface area contributed by atoms with Gasteiger partial charge < -0.3 is 9.72 Å². The largest absolute Gasteiger partial charge is 0.379 e. The molecule has 0 amide bonds. The maximum atomic E-state index is 13.0. The molecule has 0 spiro atoms. The lowest BCUT2D eigenvalue weighted by molar-refractivity contribution is 0.0730. The first-order chi connectivity index (χ1) is 15.0. The van der Waals surface area contributed by atoms with Gasteiger partial charge in [-0.2, -0.15) is 4.31 Å².